The minimum Gasteiger partial charge on any atom is -0.316 e. The van der Waals surface area contributed by atoms with Crippen LogP contribution in [0, 0.1) is 25.2 Å². The number of carbonyl (C=O) groups excluding carboxylic acids is 1. The quantitative estimate of drug-likeness (QED) is 0.556. The maximum atomic E-state index is 13.1. The molecular formula is C20H14ClF3N4O. The summed E-state index contributed by atoms with van der Waals surface area (Å²) in [6, 6.07) is 7.66. The molecule has 0 spiro atoms. The number of alkyl halides is 3. The second-order valence-corrected chi connectivity index (χ2v) is 6.75. The first-order valence-electron chi connectivity index (χ1n) is 8.41. The minimum absolute atomic E-state index is 0.210. The molecule has 148 valence electrons. The number of ketones is 1. The van der Waals surface area contributed by atoms with Crippen LogP contribution in [0.3, 0.4) is 0 Å². The molecule has 0 bridgehead atoms. The fourth-order valence-corrected chi connectivity index (χ4v) is 3.39. The molecule has 0 unspecified atom stereocenters. The number of hydrogen-bond donors (Lipinski definition) is 0. The number of aromatic nitrogens is 3. The largest absolute Gasteiger partial charge is 0.417 e. The number of carbonyl (C=O) groups is 1. The van der Waals surface area contributed by atoms with E-state index in [1.165, 1.54) is 0 Å². The van der Waals surface area contributed by atoms with Gasteiger partial charge in [-0.1, -0.05) is 11.6 Å². The lowest BCUT2D eigenvalue weighted by Crippen LogP contribution is -2.15. The highest BCUT2D eigenvalue weighted by atomic mass is 35.5. The number of aryl methyl sites for hydroxylation is 1. The third-order valence-corrected chi connectivity index (χ3v) is 4.77. The van der Waals surface area contributed by atoms with Gasteiger partial charge in [0.1, 0.15) is 0 Å². The topological polar surface area (TPSA) is 71.6 Å². The van der Waals surface area contributed by atoms with E-state index in [9.17, 15) is 23.2 Å². The van der Waals surface area contributed by atoms with E-state index in [2.05, 4.69) is 9.97 Å². The predicted octanol–water partition coefficient (Wildman–Crippen LogP) is 5.05. The molecule has 5 nitrogen and oxygen atoms in total. The molecule has 0 fully saturated rings. The first kappa shape index (κ1) is 20.6. The average Bonchev–Trinajstić information content (AvgIpc) is 2.97. The maximum Gasteiger partial charge on any atom is 0.417 e. The van der Waals surface area contributed by atoms with Gasteiger partial charge in [-0.15, -0.1) is 0 Å². The highest BCUT2D eigenvalue weighted by Crippen LogP contribution is 2.34. The Labute approximate surface area is 169 Å². The molecule has 29 heavy (non-hydrogen) atoms. The third-order valence-electron chi connectivity index (χ3n) is 4.46. The van der Waals surface area contributed by atoms with Gasteiger partial charge in [-0.25, -0.2) is 0 Å². The number of hydrogen-bond acceptors (Lipinski definition) is 4. The van der Waals surface area contributed by atoms with Crippen LogP contribution in [0.25, 0.3) is 5.69 Å². The molecule has 9 heteroatoms. The Bertz CT molecular complexity index is 1120. The molecule has 3 heterocycles. The zero-order valence-electron chi connectivity index (χ0n) is 15.3. The van der Waals surface area contributed by atoms with E-state index in [1.807, 2.05) is 12.1 Å². The maximum absolute atomic E-state index is 13.1. The van der Waals surface area contributed by atoms with Crippen molar-refractivity contribution in [3.63, 3.8) is 0 Å². The summed E-state index contributed by atoms with van der Waals surface area (Å²) in [7, 11) is 0. The number of pyridine rings is 2. The first-order valence-corrected chi connectivity index (χ1v) is 8.78. The zero-order chi connectivity index (χ0) is 21.3. The molecule has 0 aliphatic heterocycles. The molecule has 0 amide bonds. The number of nitrogens with zero attached hydrogens (tertiary/aromatic N) is 4. The van der Waals surface area contributed by atoms with E-state index in [-0.39, 0.29) is 16.3 Å². The fourth-order valence-electron chi connectivity index (χ4n) is 3.11. The molecule has 0 N–H and O–H groups in total. The van der Waals surface area contributed by atoms with Gasteiger partial charge in [0, 0.05) is 29.3 Å². The summed E-state index contributed by atoms with van der Waals surface area (Å²) in [5.74, 6) is -2.03. The van der Waals surface area contributed by atoms with E-state index in [4.69, 9.17) is 11.6 Å². The predicted molar refractivity (Wildman–Crippen MR) is 100.0 cm³/mol. The molecule has 3 rings (SSSR count). The van der Waals surface area contributed by atoms with Gasteiger partial charge in [-0.2, -0.15) is 18.4 Å². The van der Waals surface area contributed by atoms with Crippen LogP contribution in [0.4, 0.5) is 13.2 Å². The molecule has 0 saturated heterocycles. The monoisotopic (exact) mass is 418 g/mol. The van der Waals surface area contributed by atoms with Crippen molar-refractivity contribution in [3.05, 3.63) is 76.1 Å². The van der Waals surface area contributed by atoms with Crippen LogP contribution >= 0.6 is 11.6 Å². The molecular weight excluding hydrogens is 405 g/mol. The summed E-state index contributed by atoms with van der Waals surface area (Å²) < 4.78 is 40.3. The molecule has 3 aromatic heterocycles. The van der Waals surface area contributed by atoms with Crippen molar-refractivity contribution in [2.45, 2.75) is 25.9 Å². The van der Waals surface area contributed by atoms with Gasteiger partial charge in [0.2, 0.25) is 0 Å². The number of nitriles is 1. The van der Waals surface area contributed by atoms with Crippen molar-refractivity contribution in [1.82, 2.24) is 14.5 Å². The summed E-state index contributed by atoms with van der Waals surface area (Å²) in [5.41, 5.74) is 1.05. The number of halogens is 4. The average molecular weight is 419 g/mol. The lowest BCUT2D eigenvalue weighted by atomic mass is 9.95. The molecule has 3 aromatic rings. The highest BCUT2D eigenvalue weighted by Gasteiger charge is 2.34. The molecule has 0 aromatic carbocycles. The van der Waals surface area contributed by atoms with Gasteiger partial charge in [0.05, 0.1) is 34.2 Å². The summed E-state index contributed by atoms with van der Waals surface area (Å²) in [6.45, 7) is 3.50. The molecule has 0 saturated carbocycles. The van der Waals surface area contributed by atoms with Crippen molar-refractivity contribution in [3.8, 4) is 11.8 Å². The number of rotatable bonds is 4. The summed E-state index contributed by atoms with van der Waals surface area (Å²) in [5, 5.41) is 9.15. The van der Waals surface area contributed by atoms with Gasteiger partial charge in [0.15, 0.2) is 11.7 Å². The Morgan fingerprint density at radius 3 is 2.55 bits per heavy atom. The van der Waals surface area contributed by atoms with Gasteiger partial charge in [-0.3, -0.25) is 14.8 Å². The second kappa shape index (κ2) is 7.68. The first-order chi connectivity index (χ1) is 13.6. The van der Waals surface area contributed by atoms with Crippen LogP contribution in [-0.2, 0) is 6.18 Å². The van der Waals surface area contributed by atoms with E-state index in [0.29, 0.717) is 18.0 Å². The third kappa shape index (κ3) is 3.87. The van der Waals surface area contributed by atoms with Crippen LogP contribution in [0.2, 0.25) is 5.02 Å². The SMILES string of the molecule is Cc1cc(C(=O)[C@H](C#N)c2ncc(C(F)(F)F)cc2Cl)c(C)n1-c1cccnc1. The Morgan fingerprint density at radius 2 is 2.00 bits per heavy atom. The van der Waals surface area contributed by atoms with Crippen LogP contribution in [0.15, 0.2) is 42.9 Å². The summed E-state index contributed by atoms with van der Waals surface area (Å²) in [4.78, 5) is 20.8. The Balaban J connectivity index is 2.03. The minimum atomic E-state index is -4.63. The van der Waals surface area contributed by atoms with E-state index in [1.54, 1.807) is 42.9 Å². The van der Waals surface area contributed by atoms with Gasteiger partial charge in [0.25, 0.3) is 0 Å². The van der Waals surface area contributed by atoms with Crippen molar-refractivity contribution in [2.75, 3.05) is 0 Å². The van der Waals surface area contributed by atoms with Gasteiger partial charge >= 0.3 is 6.18 Å². The smallest absolute Gasteiger partial charge is 0.316 e. The van der Waals surface area contributed by atoms with Crippen molar-refractivity contribution in [1.29, 1.82) is 5.26 Å². The summed E-state index contributed by atoms with van der Waals surface area (Å²) >= 11 is 5.93. The van der Waals surface area contributed by atoms with E-state index < -0.39 is 23.4 Å². The van der Waals surface area contributed by atoms with E-state index in [0.717, 1.165) is 11.4 Å². The second-order valence-electron chi connectivity index (χ2n) is 6.35. The lowest BCUT2D eigenvalue weighted by molar-refractivity contribution is -0.137. The Kier molecular flexibility index (Phi) is 5.44. The van der Waals surface area contributed by atoms with Gasteiger partial charge in [-0.05, 0) is 38.1 Å². The summed E-state index contributed by atoms with van der Waals surface area (Å²) in [6.07, 6.45) is -0.814. The van der Waals surface area contributed by atoms with E-state index >= 15 is 0 Å². The Hall–Kier alpha value is -3.18. The normalized spacial score (nSPS) is 12.4. The zero-order valence-corrected chi connectivity index (χ0v) is 16.1. The van der Waals surface area contributed by atoms with Crippen LogP contribution in [-0.4, -0.2) is 20.3 Å². The fraction of sp³-hybridized carbons (Fsp3) is 0.200. The highest BCUT2D eigenvalue weighted by molar-refractivity contribution is 6.31. The molecule has 0 aliphatic rings. The number of Topliss-reactive ketones (excluding diaryl/α,β-unsaturated/α-hetero) is 1. The van der Waals surface area contributed by atoms with Crippen molar-refractivity contribution >= 4 is 17.4 Å². The van der Waals surface area contributed by atoms with Crippen LogP contribution < -0.4 is 0 Å². The van der Waals surface area contributed by atoms with Crippen LogP contribution in [0.5, 0.6) is 0 Å². The standard InChI is InChI=1S/C20H14ClF3N4O/c1-11-6-15(12(2)28(11)14-4-3-5-26-10-14)19(29)16(8-25)18-17(21)7-13(9-27-18)20(22,23)24/h3-7,9-10,16H,1-2H3/t16-/m1/s1. The Morgan fingerprint density at radius 1 is 1.28 bits per heavy atom. The van der Waals surface area contributed by atoms with Crippen molar-refractivity contribution in [2.24, 2.45) is 0 Å². The lowest BCUT2D eigenvalue weighted by Gasteiger charge is -2.13. The van der Waals surface area contributed by atoms with Crippen molar-refractivity contribution < 1.29 is 18.0 Å². The van der Waals surface area contributed by atoms with Crippen LogP contribution in [0.1, 0.15) is 38.9 Å². The molecule has 0 radical (unpaired) electrons. The van der Waals surface area contributed by atoms with Gasteiger partial charge < -0.3 is 4.57 Å². The molecule has 0 aliphatic carbocycles. The molecule has 1 atom stereocenters.